The van der Waals surface area contributed by atoms with E-state index in [0.29, 0.717) is 5.75 Å². The summed E-state index contributed by atoms with van der Waals surface area (Å²) in [6, 6.07) is 3.81. The Morgan fingerprint density at radius 2 is 1.84 bits per heavy atom. The van der Waals surface area contributed by atoms with Crippen LogP contribution in [-0.4, -0.2) is 37.8 Å². The Bertz CT molecular complexity index is 463. The molecule has 2 rings (SSSR count). The summed E-state index contributed by atoms with van der Waals surface area (Å²) in [7, 11) is 3.27. The van der Waals surface area contributed by atoms with Crippen molar-refractivity contribution in [3.63, 3.8) is 0 Å². The molecule has 1 aliphatic heterocycles. The smallest absolute Gasteiger partial charge is 0.162 e. The van der Waals surface area contributed by atoms with Crippen molar-refractivity contribution >= 4 is 23.1 Å². The van der Waals surface area contributed by atoms with Gasteiger partial charge in [-0.3, -0.25) is 0 Å². The van der Waals surface area contributed by atoms with Crippen LogP contribution in [0.1, 0.15) is 13.8 Å². The SMILES string of the molecule is COc1cc(N)c(N2CCSC(C)(C)C2)cc1OC. The van der Waals surface area contributed by atoms with Crippen LogP contribution in [0.2, 0.25) is 0 Å². The summed E-state index contributed by atoms with van der Waals surface area (Å²) in [6.45, 7) is 6.52. The fourth-order valence-electron chi connectivity index (χ4n) is 2.38. The number of hydrogen-bond acceptors (Lipinski definition) is 5. The molecule has 0 unspecified atom stereocenters. The van der Waals surface area contributed by atoms with Crippen LogP contribution in [-0.2, 0) is 0 Å². The van der Waals surface area contributed by atoms with Gasteiger partial charge in [-0.25, -0.2) is 0 Å². The summed E-state index contributed by atoms with van der Waals surface area (Å²) in [5.41, 5.74) is 7.93. The van der Waals surface area contributed by atoms with Crippen LogP contribution in [0.15, 0.2) is 12.1 Å². The molecule has 0 atom stereocenters. The van der Waals surface area contributed by atoms with E-state index in [9.17, 15) is 0 Å². The van der Waals surface area contributed by atoms with Crippen LogP contribution in [0.5, 0.6) is 11.5 Å². The number of rotatable bonds is 3. The minimum atomic E-state index is 0.248. The molecule has 0 radical (unpaired) electrons. The third-order valence-corrected chi connectivity index (χ3v) is 4.60. The zero-order chi connectivity index (χ0) is 14.0. The second-order valence-corrected chi connectivity index (χ2v) is 7.10. The minimum Gasteiger partial charge on any atom is -0.493 e. The van der Waals surface area contributed by atoms with Gasteiger partial charge < -0.3 is 20.1 Å². The summed E-state index contributed by atoms with van der Waals surface area (Å²) in [5.74, 6) is 2.51. The Labute approximate surface area is 119 Å². The van der Waals surface area contributed by atoms with Crippen molar-refractivity contribution in [2.75, 3.05) is 43.7 Å². The highest BCUT2D eigenvalue weighted by Crippen LogP contribution is 2.40. The Morgan fingerprint density at radius 1 is 1.21 bits per heavy atom. The molecule has 0 bridgehead atoms. The zero-order valence-corrected chi connectivity index (χ0v) is 12.8. The molecule has 2 N–H and O–H groups in total. The molecule has 1 aromatic carbocycles. The van der Waals surface area contributed by atoms with Gasteiger partial charge in [-0.05, 0) is 13.8 Å². The molecule has 0 saturated carbocycles. The van der Waals surface area contributed by atoms with E-state index < -0.39 is 0 Å². The molecule has 1 saturated heterocycles. The zero-order valence-electron chi connectivity index (χ0n) is 12.0. The average molecular weight is 282 g/mol. The van der Waals surface area contributed by atoms with Gasteiger partial charge >= 0.3 is 0 Å². The lowest BCUT2D eigenvalue weighted by molar-refractivity contribution is 0.355. The number of hydrogen-bond donors (Lipinski definition) is 1. The topological polar surface area (TPSA) is 47.7 Å². The van der Waals surface area contributed by atoms with Gasteiger partial charge in [-0.2, -0.15) is 11.8 Å². The van der Waals surface area contributed by atoms with E-state index in [0.717, 1.165) is 36.0 Å². The van der Waals surface area contributed by atoms with Gasteiger partial charge in [0, 0.05) is 35.7 Å². The van der Waals surface area contributed by atoms with Crippen LogP contribution in [0.4, 0.5) is 11.4 Å². The second-order valence-electron chi connectivity index (χ2n) is 5.30. The highest BCUT2D eigenvalue weighted by molar-refractivity contribution is 8.00. The molecular formula is C14H22N2O2S. The Morgan fingerprint density at radius 3 is 2.42 bits per heavy atom. The molecule has 0 amide bonds. The van der Waals surface area contributed by atoms with E-state index in [1.165, 1.54) is 0 Å². The van der Waals surface area contributed by atoms with Gasteiger partial charge in [-0.1, -0.05) is 0 Å². The fraction of sp³-hybridized carbons (Fsp3) is 0.571. The molecule has 1 heterocycles. The number of nitrogens with two attached hydrogens (primary N) is 1. The molecule has 5 heteroatoms. The number of benzene rings is 1. The summed E-state index contributed by atoms with van der Waals surface area (Å²) in [6.07, 6.45) is 0. The highest BCUT2D eigenvalue weighted by Gasteiger charge is 2.28. The van der Waals surface area contributed by atoms with Crippen LogP contribution in [0.25, 0.3) is 0 Å². The molecule has 1 aromatic rings. The first-order valence-corrected chi connectivity index (χ1v) is 7.36. The first kappa shape index (κ1) is 14.2. The van der Waals surface area contributed by atoms with Crippen molar-refractivity contribution < 1.29 is 9.47 Å². The quantitative estimate of drug-likeness (QED) is 0.864. The minimum absolute atomic E-state index is 0.248. The van der Waals surface area contributed by atoms with Gasteiger partial charge in [0.15, 0.2) is 11.5 Å². The molecular weight excluding hydrogens is 260 g/mol. The predicted octanol–water partition coefficient (Wildman–Crippen LogP) is 2.62. The largest absolute Gasteiger partial charge is 0.493 e. The molecule has 106 valence electrons. The maximum absolute atomic E-state index is 6.16. The third-order valence-electron chi connectivity index (χ3n) is 3.30. The van der Waals surface area contributed by atoms with Crippen molar-refractivity contribution in [3.05, 3.63) is 12.1 Å². The van der Waals surface area contributed by atoms with E-state index in [4.69, 9.17) is 15.2 Å². The number of methoxy groups -OCH3 is 2. The van der Waals surface area contributed by atoms with E-state index >= 15 is 0 Å². The monoisotopic (exact) mass is 282 g/mol. The van der Waals surface area contributed by atoms with E-state index in [2.05, 4.69) is 18.7 Å². The lowest BCUT2D eigenvalue weighted by Gasteiger charge is -2.39. The van der Waals surface area contributed by atoms with Crippen LogP contribution in [0, 0.1) is 0 Å². The van der Waals surface area contributed by atoms with Crippen molar-refractivity contribution in [2.45, 2.75) is 18.6 Å². The number of nitrogen functional groups attached to an aromatic ring is 1. The molecule has 4 nitrogen and oxygen atoms in total. The Hall–Kier alpha value is -1.23. The first-order chi connectivity index (χ1) is 8.96. The third kappa shape index (κ3) is 3.03. The van der Waals surface area contributed by atoms with E-state index in [-0.39, 0.29) is 4.75 Å². The Balaban J connectivity index is 2.34. The molecule has 19 heavy (non-hydrogen) atoms. The summed E-state index contributed by atoms with van der Waals surface area (Å²) >= 11 is 2.00. The summed E-state index contributed by atoms with van der Waals surface area (Å²) in [5, 5.41) is 0. The molecule has 0 spiro atoms. The lowest BCUT2D eigenvalue weighted by atomic mass is 10.1. The van der Waals surface area contributed by atoms with E-state index in [1.54, 1.807) is 14.2 Å². The lowest BCUT2D eigenvalue weighted by Crippen LogP contribution is -2.43. The van der Waals surface area contributed by atoms with Gasteiger partial charge in [0.1, 0.15) is 0 Å². The van der Waals surface area contributed by atoms with Crippen molar-refractivity contribution in [3.8, 4) is 11.5 Å². The van der Waals surface area contributed by atoms with Gasteiger partial charge in [0.25, 0.3) is 0 Å². The summed E-state index contributed by atoms with van der Waals surface area (Å²) < 4.78 is 10.9. The van der Waals surface area contributed by atoms with Gasteiger partial charge in [0.05, 0.1) is 25.6 Å². The van der Waals surface area contributed by atoms with Crippen LogP contribution in [0.3, 0.4) is 0 Å². The normalized spacial score (nSPS) is 18.2. The Kier molecular flexibility index (Phi) is 4.04. The molecule has 0 aromatic heterocycles. The van der Waals surface area contributed by atoms with Crippen LogP contribution < -0.4 is 20.1 Å². The van der Waals surface area contributed by atoms with Crippen molar-refractivity contribution in [2.24, 2.45) is 0 Å². The van der Waals surface area contributed by atoms with Gasteiger partial charge in [-0.15, -0.1) is 0 Å². The molecule has 1 fully saturated rings. The van der Waals surface area contributed by atoms with Crippen molar-refractivity contribution in [1.29, 1.82) is 0 Å². The highest BCUT2D eigenvalue weighted by atomic mass is 32.2. The first-order valence-electron chi connectivity index (χ1n) is 6.37. The van der Waals surface area contributed by atoms with Crippen molar-refractivity contribution in [1.82, 2.24) is 0 Å². The number of anilines is 2. The number of thioether (sulfide) groups is 1. The number of ether oxygens (including phenoxy) is 2. The van der Waals surface area contributed by atoms with Gasteiger partial charge in [0.2, 0.25) is 0 Å². The standard InChI is InChI=1S/C14H22N2O2S/c1-14(2)9-16(5-6-19-14)11-8-13(18-4)12(17-3)7-10(11)15/h7-8H,5-6,9,15H2,1-4H3. The maximum atomic E-state index is 6.16. The van der Waals surface area contributed by atoms with E-state index in [1.807, 2.05) is 23.9 Å². The second kappa shape index (κ2) is 5.41. The average Bonchev–Trinajstić information content (AvgIpc) is 2.37. The molecule has 1 aliphatic rings. The fourth-order valence-corrected chi connectivity index (χ4v) is 3.49. The predicted molar refractivity (Wildman–Crippen MR) is 82.7 cm³/mol. The summed E-state index contributed by atoms with van der Waals surface area (Å²) in [4.78, 5) is 2.33. The maximum Gasteiger partial charge on any atom is 0.162 e. The van der Waals surface area contributed by atoms with Crippen LogP contribution >= 0.6 is 11.8 Å². The molecule has 0 aliphatic carbocycles. The number of nitrogens with zero attached hydrogens (tertiary/aromatic N) is 1.